The SMILES string of the molecule is Cc1cc(Br)ccc1N/C=C(/C#N)C(=O)Nc1ccccc1C#N. The fraction of sp³-hybridized carbons (Fsp3) is 0.0556. The molecule has 0 unspecified atom stereocenters. The largest absolute Gasteiger partial charge is 0.360 e. The van der Waals surface area contributed by atoms with Crippen LogP contribution in [0.4, 0.5) is 11.4 Å². The van der Waals surface area contributed by atoms with E-state index in [1.165, 1.54) is 6.20 Å². The average molecular weight is 381 g/mol. The molecule has 0 atom stereocenters. The van der Waals surface area contributed by atoms with Crippen molar-refractivity contribution in [1.29, 1.82) is 10.5 Å². The minimum absolute atomic E-state index is 0.0925. The van der Waals surface area contributed by atoms with Crippen LogP contribution < -0.4 is 10.6 Å². The van der Waals surface area contributed by atoms with Gasteiger partial charge in [-0.15, -0.1) is 0 Å². The van der Waals surface area contributed by atoms with Gasteiger partial charge in [0.2, 0.25) is 0 Å². The zero-order valence-electron chi connectivity index (χ0n) is 12.8. The molecule has 2 aromatic rings. The number of nitriles is 2. The Morgan fingerprint density at radius 3 is 2.58 bits per heavy atom. The molecule has 0 aliphatic heterocycles. The van der Waals surface area contributed by atoms with Crippen LogP contribution in [0.5, 0.6) is 0 Å². The quantitative estimate of drug-likeness (QED) is 0.617. The van der Waals surface area contributed by atoms with Gasteiger partial charge < -0.3 is 10.6 Å². The van der Waals surface area contributed by atoms with E-state index in [-0.39, 0.29) is 5.57 Å². The molecule has 2 N–H and O–H groups in total. The first kappa shape index (κ1) is 17.3. The number of amides is 1. The monoisotopic (exact) mass is 380 g/mol. The van der Waals surface area contributed by atoms with Gasteiger partial charge in [0.1, 0.15) is 17.7 Å². The number of hydrogen-bond donors (Lipinski definition) is 2. The van der Waals surface area contributed by atoms with E-state index in [0.29, 0.717) is 11.3 Å². The summed E-state index contributed by atoms with van der Waals surface area (Å²) in [6.45, 7) is 1.91. The fourth-order valence-electron chi connectivity index (χ4n) is 1.97. The number of hydrogen-bond acceptors (Lipinski definition) is 4. The van der Waals surface area contributed by atoms with Crippen molar-refractivity contribution in [2.24, 2.45) is 0 Å². The Balaban J connectivity index is 2.17. The molecule has 24 heavy (non-hydrogen) atoms. The summed E-state index contributed by atoms with van der Waals surface area (Å²) in [6, 6.07) is 16.1. The van der Waals surface area contributed by atoms with Crippen molar-refractivity contribution in [2.45, 2.75) is 6.92 Å². The maximum atomic E-state index is 12.2. The number of aryl methyl sites for hydroxylation is 1. The Bertz CT molecular complexity index is 891. The van der Waals surface area contributed by atoms with Crippen molar-refractivity contribution in [1.82, 2.24) is 0 Å². The van der Waals surface area contributed by atoms with E-state index in [1.807, 2.05) is 37.3 Å². The van der Waals surface area contributed by atoms with Crippen LogP contribution in [0.1, 0.15) is 11.1 Å². The molecule has 118 valence electrons. The van der Waals surface area contributed by atoms with Crippen LogP contribution in [0.25, 0.3) is 0 Å². The number of nitrogens with one attached hydrogen (secondary N) is 2. The molecule has 0 radical (unpaired) electrons. The summed E-state index contributed by atoms with van der Waals surface area (Å²) in [6.07, 6.45) is 1.35. The lowest BCUT2D eigenvalue weighted by molar-refractivity contribution is -0.112. The van der Waals surface area contributed by atoms with Gasteiger partial charge in [-0.2, -0.15) is 10.5 Å². The number of rotatable bonds is 4. The molecular weight excluding hydrogens is 368 g/mol. The Kier molecular flexibility index (Phi) is 5.73. The third-order valence-electron chi connectivity index (χ3n) is 3.22. The van der Waals surface area contributed by atoms with Gasteiger partial charge >= 0.3 is 0 Å². The van der Waals surface area contributed by atoms with Crippen molar-refractivity contribution in [3.05, 3.63) is 69.8 Å². The molecule has 5 nitrogen and oxygen atoms in total. The average Bonchev–Trinajstić information content (AvgIpc) is 2.57. The second kappa shape index (κ2) is 7.96. The lowest BCUT2D eigenvalue weighted by atomic mass is 10.2. The van der Waals surface area contributed by atoms with Gasteiger partial charge in [-0.25, -0.2) is 0 Å². The van der Waals surface area contributed by atoms with Gasteiger partial charge in [-0.05, 0) is 42.8 Å². The summed E-state index contributed by atoms with van der Waals surface area (Å²) >= 11 is 3.38. The third-order valence-corrected chi connectivity index (χ3v) is 3.71. The Hall–Kier alpha value is -3.09. The number of benzene rings is 2. The third kappa shape index (κ3) is 4.22. The van der Waals surface area contributed by atoms with Crippen molar-refractivity contribution < 1.29 is 4.79 Å². The van der Waals surface area contributed by atoms with E-state index in [4.69, 9.17) is 5.26 Å². The summed E-state index contributed by atoms with van der Waals surface area (Å²) in [5, 5.41) is 23.8. The molecule has 0 fully saturated rings. The van der Waals surface area contributed by atoms with Crippen LogP contribution in [0.15, 0.2) is 58.7 Å². The van der Waals surface area contributed by atoms with Crippen molar-refractivity contribution in [2.75, 3.05) is 10.6 Å². The smallest absolute Gasteiger partial charge is 0.267 e. The molecule has 0 saturated carbocycles. The molecular formula is C18H13BrN4O. The summed E-state index contributed by atoms with van der Waals surface area (Å²) in [7, 11) is 0. The number of halogens is 1. The Morgan fingerprint density at radius 2 is 1.92 bits per heavy atom. The highest BCUT2D eigenvalue weighted by Crippen LogP contribution is 2.20. The molecule has 0 bridgehead atoms. The Labute approximate surface area is 148 Å². The van der Waals surface area contributed by atoms with E-state index in [2.05, 4.69) is 26.6 Å². The topological polar surface area (TPSA) is 88.7 Å². The van der Waals surface area contributed by atoms with Crippen LogP contribution >= 0.6 is 15.9 Å². The molecule has 0 aliphatic carbocycles. The van der Waals surface area contributed by atoms with Gasteiger partial charge in [-0.1, -0.05) is 28.1 Å². The van der Waals surface area contributed by atoms with E-state index in [0.717, 1.165) is 15.7 Å². The minimum atomic E-state index is -0.581. The lowest BCUT2D eigenvalue weighted by Crippen LogP contribution is -2.15. The van der Waals surface area contributed by atoms with Crippen LogP contribution in [-0.2, 0) is 4.79 Å². The van der Waals surface area contributed by atoms with Gasteiger partial charge in [0.25, 0.3) is 5.91 Å². The molecule has 2 aromatic carbocycles. The molecule has 0 aliphatic rings. The number of para-hydroxylation sites is 1. The molecule has 0 spiro atoms. The maximum Gasteiger partial charge on any atom is 0.267 e. The fourth-order valence-corrected chi connectivity index (χ4v) is 2.44. The van der Waals surface area contributed by atoms with Crippen LogP contribution in [0.2, 0.25) is 0 Å². The molecule has 6 heteroatoms. The van der Waals surface area contributed by atoms with Crippen molar-refractivity contribution in [3.8, 4) is 12.1 Å². The number of nitrogens with zero attached hydrogens (tertiary/aromatic N) is 2. The van der Waals surface area contributed by atoms with Gasteiger partial charge in [-0.3, -0.25) is 4.79 Å². The summed E-state index contributed by atoms with van der Waals surface area (Å²) in [5.41, 5.74) is 2.36. The minimum Gasteiger partial charge on any atom is -0.360 e. The van der Waals surface area contributed by atoms with Gasteiger partial charge in [0, 0.05) is 16.4 Å². The Morgan fingerprint density at radius 1 is 1.17 bits per heavy atom. The van der Waals surface area contributed by atoms with Crippen molar-refractivity contribution >= 4 is 33.2 Å². The first-order valence-corrected chi connectivity index (χ1v) is 7.78. The van der Waals surface area contributed by atoms with E-state index in [1.54, 1.807) is 24.3 Å². The number of carbonyl (C=O) groups excluding carboxylic acids is 1. The second-order valence-electron chi connectivity index (χ2n) is 4.88. The normalized spacial score (nSPS) is 10.4. The second-order valence-corrected chi connectivity index (χ2v) is 5.80. The summed E-state index contributed by atoms with van der Waals surface area (Å²) < 4.78 is 0.945. The highest BCUT2D eigenvalue weighted by atomic mass is 79.9. The first-order valence-electron chi connectivity index (χ1n) is 6.98. The standard InChI is InChI=1S/C18H13BrN4O/c1-12-8-15(19)6-7-16(12)22-11-14(10-21)18(24)23-17-5-3-2-4-13(17)9-20/h2-8,11,22H,1H3,(H,23,24)/b14-11-. The van der Waals surface area contributed by atoms with E-state index < -0.39 is 5.91 Å². The molecule has 1 amide bonds. The maximum absolute atomic E-state index is 12.2. The number of anilines is 2. The molecule has 0 aromatic heterocycles. The van der Waals surface area contributed by atoms with E-state index >= 15 is 0 Å². The van der Waals surface area contributed by atoms with Crippen LogP contribution in [0.3, 0.4) is 0 Å². The van der Waals surface area contributed by atoms with E-state index in [9.17, 15) is 10.1 Å². The van der Waals surface area contributed by atoms with Crippen LogP contribution in [-0.4, -0.2) is 5.91 Å². The summed E-state index contributed by atoms with van der Waals surface area (Å²) in [4.78, 5) is 12.2. The van der Waals surface area contributed by atoms with Crippen molar-refractivity contribution in [3.63, 3.8) is 0 Å². The zero-order chi connectivity index (χ0) is 17.5. The predicted octanol–water partition coefficient (Wildman–Crippen LogP) is 4.09. The molecule has 2 rings (SSSR count). The van der Waals surface area contributed by atoms with Crippen LogP contribution in [0, 0.1) is 29.6 Å². The predicted molar refractivity (Wildman–Crippen MR) is 96.0 cm³/mol. The highest BCUT2D eigenvalue weighted by molar-refractivity contribution is 9.10. The van der Waals surface area contributed by atoms with Gasteiger partial charge in [0.05, 0.1) is 11.3 Å². The first-order chi connectivity index (χ1) is 11.5. The van der Waals surface area contributed by atoms with Gasteiger partial charge in [0.15, 0.2) is 0 Å². The number of carbonyl (C=O) groups is 1. The summed E-state index contributed by atoms with van der Waals surface area (Å²) in [5.74, 6) is -0.581. The molecule has 0 heterocycles. The lowest BCUT2D eigenvalue weighted by Gasteiger charge is -2.08. The zero-order valence-corrected chi connectivity index (χ0v) is 14.4. The highest BCUT2D eigenvalue weighted by Gasteiger charge is 2.11. The molecule has 0 saturated heterocycles.